The zero-order valence-corrected chi connectivity index (χ0v) is 18.8. The highest BCUT2D eigenvalue weighted by atomic mass is 16.5. The van der Waals surface area contributed by atoms with Gasteiger partial charge in [-0.15, -0.1) is 0 Å². The predicted molar refractivity (Wildman–Crippen MR) is 119 cm³/mol. The molecule has 3 aliphatic rings. The third kappa shape index (κ3) is 5.85. The molecule has 8 heteroatoms. The standard InChI is InChI=1S/C24H34N4O4/c29-22-6-2-1-3-11-28(22)17-23(30)27-12-9-18(10-13-27)21-8-7-19(15-25-21)24(31)26-16-20-5-4-14-32-20/h7-8,15,18,20H,1-6,9-14,16-17H2,(H,26,31)/t20-/m1/s1. The topological polar surface area (TPSA) is 91.8 Å². The van der Waals surface area contributed by atoms with Gasteiger partial charge in [-0.3, -0.25) is 19.4 Å². The fourth-order valence-corrected chi connectivity index (χ4v) is 4.79. The van der Waals surface area contributed by atoms with E-state index in [2.05, 4.69) is 10.3 Å². The molecule has 8 nitrogen and oxygen atoms in total. The van der Waals surface area contributed by atoms with Crippen molar-refractivity contribution in [3.05, 3.63) is 29.6 Å². The minimum absolute atomic E-state index is 0.0462. The smallest absolute Gasteiger partial charge is 0.252 e. The van der Waals surface area contributed by atoms with E-state index in [1.165, 1.54) is 0 Å². The molecule has 0 radical (unpaired) electrons. The van der Waals surface area contributed by atoms with Crippen LogP contribution in [-0.4, -0.2) is 77.9 Å². The number of hydrogen-bond donors (Lipinski definition) is 1. The second-order valence-corrected chi connectivity index (χ2v) is 9.10. The molecule has 1 aromatic heterocycles. The van der Waals surface area contributed by atoms with E-state index in [1.54, 1.807) is 11.1 Å². The lowest BCUT2D eigenvalue weighted by atomic mass is 9.92. The Balaban J connectivity index is 1.23. The van der Waals surface area contributed by atoms with Gasteiger partial charge in [-0.05, 0) is 50.7 Å². The summed E-state index contributed by atoms with van der Waals surface area (Å²) in [5.41, 5.74) is 1.52. The molecule has 3 saturated heterocycles. The van der Waals surface area contributed by atoms with Crippen LogP contribution in [-0.2, 0) is 14.3 Å². The van der Waals surface area contributed by atoms with Crippen LogP contribution in [0.4, 0.5) is 0 Å². The summed E-state index contributed by atoms with van der Waals surface area (Å²) in [4.78, 5) is 45.4. The van der Waals surface area contributed by atoms with Gasteiger partial charge in [-0.2, -0.15) is 0 Å². The van der Waals surface area contributed by atoms with E-state index >= 15 is 0 Å². The number of ether oxygens (including phenoxy) is 1. The number of piperidine rings is 1. The van der Waals surface area contributed by atoms with Gasteiger partial charge in [-0.1, -0.05) is 6.42 Å². The predicted octanol–water partition coefficient (Wildman–Crippen LogP) is 2.10. The van der Waals surface area contributed by atoms with Gasteiger partial charge in [0.25, 0.3) is 5.91 Å². The molecule has 174 valence electrons. The van der Waals surface area contributed by atoms with E-state index < -0.39 is 0 Å². The molecule has 0 aromatic carbocycles. The summed E-state index contributed by atoms with van der Waals surface area (Å²) < 4.78 is 5.54. The first-order valence-electron chi connectivity index (χ1n) is 12.0. The van der Waals surface area contributed by atoms with Crippen molar-refractivity contribution in [2.75, 3.05) is 39.3 Å². The van der Waals surface area contributed by atoms with Crippen molar-refractivity contribution < 1.29 is 19.1 Å². The van der Waals surface area contributed by atoms with Crippen LogP contribution in [0.1, 0.15) is 73.3 Å². The quantitative estimate of drug-likeness (QED) is 0.729. The molecule has 3 amide bonds. The number of carbonyl (C=O) groups is 3. The summed E-state index contributed by atoms with van der Waals surface area (Å²) in [7, 11) is 0. The van der Waals surface area contributed by atoms with Crippen LogP contribution < -0.4 is 5.32 Å². The Kier molecular flexibility index (Phi) is 7.73. The summed E-state index contributed by atoms with van der Waals surface area (Å²) in [6.45, 7) is 3.57. The maximum absolute atomic E-state index is 12.7. The second kappa shape index (κ2) is 10.9. The molecule has 3 fully saturated rings. The van der Waals surface area contributed by atoms with Gasteiger partial charge in [0, 0.05) is 57.0 Å². The third-order valence-corrected chi connectivity index (χ3v) is 6.83. The van der Waals surface area contributed by atoms with E-state index in [9.17, 15) is 14.4 Å². The van der Waals surface area contributed by atoms with Crippen molar-refractivity contribution >= 4 is 17.7 Å². The maximum atomic E-state index is 12.7. The molecule has 32 heavy (non-hydrogen) atoms. The molecule has 3 aliphatic heterocycles. The first kappa shape index (κ1) is 22.7. The molecule has 1 atom stereocenters. The summed E-state index contributed by atoms with van der Waals surface area (Å²) in [5, 5.41) is 2.92. The Morgan fingerprint density at radius 2 is 1.91 bits per heavy atom. The number of nitrogens with one attached hydrogen (secondary N) is 1. The number of aromatic nitrogens is 1. The molecule has 0 bridgehead atoms. The number of amides is 3. The number of likely N-dealkylation sites (tertiary alicyclic amines) is 2. The van der Waals surface area contributed by atoms with Gasteiger partial charge in [-0.25, -0.2) is 0 Å². The Morgan fingerprint density at radius 1 is 1.06 bits per heavy atom. The highest BCUT2D eigenvalue weighted by molar-refractivity contribution is 5.93. The highest BCUT2D eigenvalue weighted by Crippen LogP contribution is 2.27. The average molecular weight is 443 g/mol. The maximum Gasteiger partial charge on any atom is 0.252 e. The lowest BCUT2D eigenvalue weighted by Gasteiger charge is -2.33. The summed E-state index contributed by atoms with van der Waals surface area (Å²) in [6.07, 6.45) is 9.03. The molecular weight excluding hydrogens is 408 g/mol. The molecule has 4 heterocycles. The van der Waals surface area contributed by atoms with Crippen LogP contribution >= 0.6 is 0 Å². The molecule has 0 saturated carbocycles. The number of carbonyl (C=O) groups excluding carboxylic acids is 3. The fraction of sp³-hybridized carbons (Fsp3) is 0.667. The third-order valence-electron chi connectivity index (χ3n) is 6.83. The molecule has 0 spiro atoms. The molecule has 0 unspecified atom stereocenters. The van der Waals surface area contributed by atoms with Gasteiger partial charge in [0.05, 0.1) is 18.2 Å². The molecular formula is C24H34N4O4. The van der Waals surface area contributed by atoms with Gasteiger partial charge in [0.15, 0.2) is 0 Å². The number of pyridine rings is 1. The van der Waals surface area contributed by atoms with Crippen LogP contribution in [0.25, 0.3) is 0 Å². The van der Waals surface area contributed by atoms with Crippen LogP contribution in [0.3, 0.4) is 0 Å². The first-order chi connectivity index (χ1) is 15.6. The van der Waals surface area contributed by atoms with E-state index in [0.717, 1.165) is 57.2 Å². The summed E-state index contributed by atoms with van der Waals surface area (Å²) in [5.74, 6) is 0.311. The first-order valence-corrected chi connectivity index (χ1v) is 12.0. The molecule has 0 aliphatic carbocycles. The Morgan fingerprint density at radius 3 is 2.62 bits per heavy atom. The summed E-state index contributed by atoms with van der Waals surface area (Å²) in [6, 6.07) is 3.76. The van der Waals surface area contributed by atoms with Crippen LogP contribution in [0.15, 0.2) is 18.3 Å². The minimum Gasteiger partial charge on any atom is -0.376 e. The van der Waals surface area contributed by atoms with E-state index in [-0.39, 0.29) is 36.3 Å². The van der Waals surface area contributed by atoms with Gasteiger partial charge < -0.3 is 19.9 Å². The van der Waals surface area contributed by atoms with Crippen molar-refractivity contribution in [3.8, 4) is 0 Å². The lowest BCUT2D eigenvalue weighted by Crippen LogP contribution is -2.45. The monoisotopic (exact) mass is 442 g/mol. The van der Waals surface area contributed by atoms with Gasteiger partial charge >= 0.3 is 0 Å². The second-order valence-electron chi connectivity index (χ2n) is 9.10. The van der Waals surface area contributed by atoms with Crippen LogP contribution in [0, 0.1) is 0 Å². The highest BCUT2D eigenvalue weighted by Gasteiger charge is 2.27. The van der Waals surface area contributed by atoms with E-state index in [1.807, 2.05) is 17.0 Å². The van der Waals surface area contributed by atoms with Crippen molar-refractivity contribution in [2.45, 2.75) is 63.4 Å². The summed E-state index contributed by atoms with van der Waals surface area (Å²) >= 11 is 0. The van der Waals surface area contributed by atoms with Crippen molar-refractivity contribution in [3.63, 3.8) is 0 Å². The number of nitrogens with zero attached hydrogens (tertiary/aromatic N) is 3. The Labute approximate surface area is 189 Å². The Hall–Kier alpha value is -2.48. The van der Waals surface area contributed by atoms with Gasteiger partial charge in [0.2, 0.25) is 11.8 Å². The fourth-order valence-electron chi connectivity index (χ4n) is 4.79. The van der Waals surface area contributed by atoms with Crippen LogP contribution in [0.2, 0.25) is 0 Å². The van der Waals surface area contributed by atoms with Crippen molar-refractivity contribution in [1.82, 2.24) is 20.1 Å². The minimum atomic E-state index is -0.122. The molecule has 1 aromatic rings. The number of rotatable bonds is 6. The zero-order chi connectivity index (χ0) is 22.3. The molecule has 1 N–H and O–H groups in total. The average Bonchev–Trinajstić information content (AvgIpc) is 3.27. The lowest BCUT2D eigenvalue weighted by molar-refractivity contribution is -0.140. The van der Waals surface area contributed by atoms with E-state index in [0.29, 0.717) is 38.2 Å². The largest absolute Gasteiger partial charge is 0.376 e. The normalized spacial score (nSPS) is 22.6. The van der Waals surface area contributed by atoms with Crippen LogP contribution in [0.5, 0.6) is 0 Å². The van der Waals surface area contributed by atoms with Crippen molar-refractivity contribution in [2.24, 2.45) is 0 Å². The molecule has 4 rings (SSSR count). The zero-order valence-electron chi connectivity index (χ0n) is 18.8. The number of hydrogen-bond acceptors (Lipinski definition) is 5. The SMILES string of the molecule is O=C(NC[C@H]1CCCO1)c1ccc(C2CCN(C(=O)CN3CCCCCC3=O)CC2)nc1. The van der Waals surface area contributed by atoms with Gasteiger partial charge in [0.1, 0.15) is 0 Å². The van der Waals surface area contributed by atoms with Crippen molar-refractivity contribution in [1.29, 1.82) is 0 Å². The Bertz CT molecular complexity index is 799. The van der Waals surface area contributed by atoms with E-state index in [4.69, 9.17) is 4.74 Å².